The van der Waals surface area contributed by atoms with Gasteiger partial charge in [0, 0.05) is 49.4 Å². The van der Waals surface area contributed by atoms with Crippen LogP contribution >= 0.6 is 0 Å². The molecule has 2 aromatic rings. The average molecular weight is 204 g/mol. The molecule has 0 saturated heterocycles. The van der Waals surface area contributed by atoms with Crippen molar-refractivity contribution in [3.63, 3.8) is 0 Å². The quantitative estimate of drug-likeness (QED) is 0.759. The number of rotatable bonds is 5. The van der Waals surface area contributed by atoms with Crippen LogP contribution in [0, 0.1) is 6.07 Å². The maximum absolute atomic E-state index is 5.57. The van der Waals surface area contributed by atoms with E-state index < -0.39 is 0 Å². The fourth-order valence-corrected chi connectivity index (χ4v) is 1.44. The second-order valence-corrected chi connectivity index (χ2v) is 3.34. The third-order valence-electron chi connectivity index (χ3n) is 2.21. The molecule has 2 rings (SSSR count). The molecule has 0 aliphatic heterocycles. The molecule has 0 bridgehead atoms. The number of methoxy groups -OCH3 is 1. The highest BCUT2D eigenvalue weighted by molar-refractivity contribution is 5.79. The zero-order chi connectivity index (χ0) is 10.5. The Kier molecular flexibility index (Phi) is 3.25. The van der Waals surface area contributed by atoms with E-state index in [9.17, 15) is 0 Å². The molecule has 1 aromatic heterocycles. The first-order valence-electron chi connectivity index (χ1n) is 5.01. The zero-order valence-corrected chi connectivity index (χ0v) is 8.75. The Morgan fingerprint density at radius 3 is 3.13 bits per heavy atom. The average Bonchev–Trinajstić information content (AvgIpc) is 2.71. The van der Waals surface area contributed by atoms with Gasteiger partial charge in [-0.15, -0.1) is 0 Å². The second kappa shape index (κ2) is 4.84. The Hall–Kier alpha value is -1.48. The van der Waals surface area contributed by atoms with Gasteiger partial charge in [0.2, 0.25) is 0 Å². The predicted octanol–water partition coefficient (Wildman–Crippen LogP) is 2.38. The number of ether oxygens (including phenoxy) is 2. The minimum atomic E-state index is 0.684. The molecular formula is C12H14NO2. The van der Waals surface area contributed by atoms with Crippen LogP contribution in [-0.4, -0.2) is 25.3 Å². The largest absolute Gasteiger partial charge is 0.493 e. The molecule has 0 aliphatic carbocycles. The van der Waals surface area contributed by atoms with Crippen LogP contribution in [0.5, 0.6) is 5.75 Å². The van der Waals surface area contributed by atoms with Crippen molar-refractivity contribution in [3.05, 3.63) is 30.5 Å². The Morgan fingerprint density at radius 2 is 2.27 bits per heavy atom. The summed E-state index contributed by atoms with van der Waals surface area (Å²) in [5.74, 6) is 0.884. The third-order valence-corrected chi connectivity index (χ3v) is 2.21. The Labute approximate surface area is 89.0 Å². The number of H-pyrrole nitrogens is 1. The molecule has 1 radical (unpaired) electrons. The number of aromatic nitrogens is 1. The van der Waals surface area contributed by atoms with E-state index in [0.29, 0.717) is 6.61 Å². The monoisotopic (exact) mass is 204 g/mol. The summed E-state index contributed by atoms with van der Waals surface area (Å²) < 4.78 is 10.5. The first kappa shape index (κ1) is 10.1. The molecule has 1 heterocycles. The highest BCUT2D eigenvalue weighted by atomic mass is 16.5. The van der Waals surface area contributed by atoms with Crippen LogP contribution in [0.3, 0.4) is 0 Å². The summed E-state index contributed by atoms with van der Waals surface area (Å²) in [6.45, 7) is 1.42. The van der Waals surface area contributed by atoms with Crippen LogP contribution in [0.4, 0.5) is 0 Å². The third kappa shape index (κ3) is 2.50. The van der Waals surface area contributed by atoms with E-state index in [1.54, 1.807) is 13.3 Å². The van der Waals surface area contributed by atoms with Crippen molar-refractivity contribution in [2.24, 2.45) is 0 Å². The summed E-state index contributed by atoms with van der Waals surface area (Å²) in [4.78, 5) is 3.10. The number of nitrogens with one attached hydrogen (secondary N) is 1. The van der Waals surface area contributed by atoms with E-state index in [2.05, 4.69) is 11.1 Å². The van der Waals surface area contributed by atoms with E-state index in [1.165, 1.54) is 0 Å². The van der Waals surface area contributed by atoms with E-state index in [0.717, 1.165) is 29.7 Å². The molecule has 0 atom stereocenters. The Morgan fingerprint density at radius 1 is 1.33 bits per heavy atom. The van der Waals surface area contributed by atoms with Gasteiger partial charge in [0.25, 0.3) is 0 Å². The van der Waals surface area contributed by atoms with Crippen LogP contribution in [0.15, 0.2) is 24.4 Å². The molecule has 0 fully saturated rings. The zero-order valence-electron chi connectivity index (χ0n) is 8.75. The van der Waals surface area contributed by atoms with Crippen molar-refractivity contribution >= 4 is 10.9 Å². The maximum atomic E-state index is 5.57. The molecule has 15 heavy (non-hydrogen) atoms. The maximum Gasteiger partial charge on any atom is 0.121 e. The summed E-state index contributed by atoms with van der Waals surface area (Å²) in [6.07, 6.45) is 2.71. The van der Waals surface area contributed by atoms with Crippen molar-refractivity contribution in [2.75, 3.05) is 20.3 Å². The molecule has 3 nitrogen and oxygen atoms in total. The van der Waals surface area contributed by atoms with Crippen molar-refractivity contribution in [1.82, 2.24) is 4.98 Å². The van der Waals surface area contributed by atoms with E-state index >= 15 is 0 Å². The van der Waals surface area contributed by atoms with E-state index in [4.69, 9.17) is 9.47 Å². The van der Waals surface area contributed by atoms with Gasteiger partial charge in [-0.05, 0) is 12.1 Å². The molecule has 3 heteroatoms. The predicted molar refractivity (Wildman–Crippen MR) is 59.1 cm³/mol. The topological polar surface area (TPSA) is 34.2 Å². The van der Waals surface area contributed by atoms with Crippen LogP contribution in [0.1, 0.15) is 6.42 Å². The molecule has 0 spiro atoms. The fourth-order valence-electron chi connectivity index (χ4n) is 1.44. The number of benzene rings is 1. The second-order valence-electron chi connectivity index (χ2n) is 3.34. The molecule has 0 amide bonds. The normalized spacial score (nSPS) is 10.7. The number of hydrogen-bond acceptors (Lipinski definition) is 2. The minimum Gasteiger partial charge on any atom is -0.493 e. The molecule has 79 valence electrons. The van der Waals surface area contributed by atoms with Crippen molar-refractivity contribution in [2.45, 2.75) is 6.42 Å². The lowest BCUT2D eigenvalue weighted by Gasteiger charge is -2.05. The van der Waals surface area contributed by atoms with Gasteiger partial charge in [-0.3, -0.25) is 0 Å². The van der Waals surface area contributed by atoms with Gasteiger partial charge in [0.15, 0.2) is 0 Å². The first-order valence-corrected chi connectivity index (χ1v) is 5.01. The van der Waals surface area contributed by atoms with Gasteiger partial charge in [0.1, 0.15) is 5.75 Å². The number of fused-ring (bicyclic) bond motifs is 1. The highest BCUT2D eigenvalue weighted by Gasteiger charge is 1.97. The Bertz CT molecular complexity index is 422. The molecule has 1 aromatic carbocycles. The van der Waals surface area contributed by atoms with E-state index in [-0.39, 0.29) is 0 Å². The van der Waals surface area contributed by atoms with Crippen molar-refractivity contribution < 1.29 is 9.47 Å². The van der Waals surface area contributed by atoms with E-state index in [1.807, 2.05) is 18.2 Å². The molecule has 0 aliphatic rings. The highest BCUT2D eigenvalue weighted by Crippen LogP contribution is 2.18. The van der Waals surface area contributed by atoms with Crippen LogP contribution in [0.25, 0.3) is 10.9 Å². The van der Waals surface area contributed by atoms with Gasteiger partial charge in [-0.2, -0.15) is 0 Å². The molecule has 1 N–H and O–H groups in total. The van der Waals surface area contributed by atoms with Crippen molar-refractivity contribution in [3.8, 4) is 5.75 Å². The molecular weight excluding hydrogens is 190 g/mol. The number of aromatic amines is 1. The van der Waals surface area contributed by atoms with Gasteiger partial charge in [0.05, 0.1) is 6.61 Å². The summed E-state index contributed by atoms with van der Waals surface area (Å²) in [5, 5.41) is 1.08. The summed E-state index contributed by atoms with van der Waals surface area (Å²) in [7, 11) is 1.70. The molecule has 0 unspecified atom stereocenters. The minimum absolute atomic E-state index is 0.684. The summed E-state index contributed by atoms with van der Waals surface area (Å²) >= 11 is 0. The summed E-state index contributed by atoms with van der Waals surface area (Å²) in [5.41, 5.74) is 1.05. The first-order chi connectivity index (χ1) is 7.40. The van der Waals surface area contributed by atoms with Gasteiger partial charge >= 0.3 is 0 Å². The SMILES string of the molecule is COCCCOc1ccc2[c]c[nH]c2c1. The lowest BCUT2D eigenvalue weighted by molar-refractivity contribution is 0.172. The lowest BCUT2D eigenvalue weighted by Crippen LogP contribution is -2.01. The van der Waals surface area contributed by atoms with Crippen LogP contribution in [-0.2, 0) is 4.74 Å². The van der Waals surface area contributed by atoms with Gasteiger partial charge < -0.3 is 14.5 Å². The standard InChI is InChI=1S/C12H14NO2/c1-14-7-2-8-15-11-4-3-10-5-6-13-12(10)9-11/h3-4,6,9,13H,2,7-8H2,1H3. The lowest BCUT2D eigenvalue weighted by atomic mass is 10.2. The smallest absolute Gasteiger partial charge is 0.121 e. The fraction of sp³-hybridized carbons (Fsp3) is 0.333. The van der Waals surface area contributed by atoms with Crippen LogP contribution in [0.2, 0.25) is 0 Å². The van der Waals surface area contributed by atoms with Crippen LogP contribution < -0.4 is 4.74 Å². The molecule has 0 saturated carbocycles. The number of hydrogen-bond donors (Lipinski definition) is 1. The van der Waals surface area contributed by atoms with Gasteiger partial charge in [-0.1, -0.05) is 0 Å². The van der Waals surface area contributed by atoms with Gasteiger partial charge in [-0.25, -0.2) is 0 Å². The summed E-state index contributed by atoms with van der Waals surface area (Å²) in [6, 6.07) is 9.03. The Balaban J connectivity index is 1.96. The van der Waals surface area contributed by atoms with Crippen molar-refractivity contribution in [1.29, 1.82) is 0 Å².